The number of ether oxygens (including phenoxy) is 6. The highest BCUT2D eigenvalue weighted by Gasteiger charge is 2.68. The summed E-state index contributed by atoms with van der Waals surface area (Å²) in [6, 6.07) is 0. The van der Waals surface area contributed by atoms with Crippen molar-refractivity contribution in [2.75, 3.05) is 19.8 Å². The maximum absolute atomic E-state index is 11.5. The molecule has 0 aromatic carbocycles. The predicted octanol–water partition coefficient (Wildman–Crippen LogP) is -0.281. The lowest BCUT2D eigenvalue weighted by molar-refractivity contribution is -0.474. The summed E-state index contributed by atoms with van der Waals surface area (Å²) in [6.45, 7) is 10.8. The van der Waals surface area contributed by atoms with Crippen LogP contribution in [0.3, 0.4) is 0 Å². The van der Waals surface area contributed by atoms with Gasteiger partial charge in [0.2, 0.25) is 6.29 Å². The van der Waals surface area contributed by atoms with Gasteiger partial charge in [-0.3, -0.25) is 5.32 Å². The van der Waals surface area contributed by atoms with E-state index in [9.17, 15) is 46.0 Å². The van der Waals surface area contributed by atoms with E-state index in [1.165, 1.54) is 25.3 Å². The summed E-state index contributed by atoms with van der Waals surface area (Å²) in [5.41, 5.74) is 1.30. The van der Waals surface area contributed by atoms with Gasteiger partial charge in [0.05, 0.1) is 31.5 Å². The Morgan fingerprint density at radius 1 is 0.698 bits per heavy atom. The molecule has 18 nitrogen and oxygen atoms in total. The molecule has 3 saturated carbocycles. The minimum absolute atomic E-state index is 0.0399. The molecule has 0 aromatic rings. The van der Waals surface area contributed by atoms with Gasteiger partial charge < -0.3 is 74.4 Å². The van der Waals surface area contributed by atoms with Crippen molar-refractivity contribution in [3.05, 3.63) is 11.6 Å². The van der Waals surface area contributed by atoms with Gasteiger partial charge in [0.1, 0.15) is 66.8 Å². The van der Waals surface area contributed by atoms with E-state index >= 15 is 0 Å². The fourth-order valence-corrected chi connectivity index (χ4v) is 14.1. The first-order valence-electron chi connectivity index (χ1n) is 23.6. The van der Waals surface area contributed by atoms with Gasteiger partial charge in [-0.05, 0) is 105 Å². The van der Waals surface area contributed by atoms with E-state index in [1.54, 1.807) is 0 Å². The molecule has 9 rings (SSSR count). The lowest BCUT2D eigenvalue weighted by Gasteiger charge is -2.59. The third-order valence-electron chi connectivity index (χ3n) is 17.9. The van der Waals surface area contributed by atoms with Gasteiger partial charge >= 0.3 is 0 Å². The highest BCUT2D eigenvalue weighted by Crippen LogP contribution is 2.70. The molecular weight excluding hydrogens is 826 g/mol. The normalized spacial score (nSPS) is 56.9. The SMILES string of the molecule is CC1CCC2(NC1)O[C@H]1C[C@H]3[C@@H]4CC=C5C[C@@H](O[C@@H]6O[C@H](CO)[C@@H](O)[C@H](OO[C@@H]7O[C@H](CO)[C@@H](O)[C@H](O)[C@H]7O)[C@H]6O[C@@H]6O[C@@H](C)[C@H](O)[C@@H](O)[C@H]6O)CC[C@]5(C)[C@H]4CC[C@]3(C)[C@H]1[C@@H]2C. The van der Waals surface area contributed by atoms with Crippen LogP contribution in [-0.2, 0) is 38.2 Å². The Morgan fingerprint density at radius 2 is 1.40 bits per heavy atom. The topological polar surface area (TPSA) is 268 Å². The van der Waals surface area contributed by atoms with Crippen LogP contribution in [0.25, 0.3) is 0 Å². The minimum atomic E-state index is -1.85. The van der Waals surface area contributed by atoms with Gasteiger partial charge in [-0.15, -0.1) is 0 Å². The molecule has 5 saturated heterocycles. The molecular formula is C45H73NO17. The molecule has 10 N–H and O–H groups in total. The number of aliphatic hydroxyl groups excluding tert-OH is 9. The molecule has 9 aliphatic rings. The third kappa shape index (κ3) is 7.90. The number of nitrogens with one attached hydrogen (secondary N) is 1. The molecule has 0 radical (unpaired) electrons. The minimum Gasteiger partial charge on any atom is -0.394 e. The zero-order chi connectivity index (χ0) is 44.9. The van der Waals surface area contributed by atoms with Crippen LogP contribution >= 0.6 is 0 Å². The van der Waals surface area contributed by atoms with Crippen molar-refractivity contribution in [1.82, 2.24) is 5.32 Å². The molecule has 1 spiro atoms. The molecule has 5 heterocycles. The Hall–Kier alpha value is -0.980. The quantitative estimate of drug-likeness (QED) is 0.0810. The molecule has 26 atom stereocenters. The van der Waals surface area contributed by atoms with E-state index in [0.717, 1.165) is 38.6 Å². The smallest absolute Gasteiger partial charge is 0.220 e. The van der Waals surface area contributed by atoms with Crippen molar-refractivity contribution in [2.45, 2.75) is 202 Å². The van der Waals surface area contributed by atoms with Crippen molar-refractivity contribution in [3.63, 3.8) is 0 Å². The van der Waals surface area contributed by atoms with E-state index < -0.39 is 111 Å². The zero-order valence-electron chi connectivity index (χ0n) is 37.1. The Morgan fingerprint density at radius 3 is 2.11 bits per heavy atom. The van der Waals surface area contributed by atoms with E-state index in [4.69, 9.17) is 38.2 Å². The van der Waals surface area contributed by atoms with E-state index in [-0.39, 0.29) is 22.7 Å². The maximum atomic E-state index is 11.5. The maximum Gasteiger partial charge on any atom is 0.220 e. The molecule has 4 aliphatic carbocycles. The number of rotatable bonds is 9. The van der Waals surface area contributed by atoms with E-state index in [2.05, 4.69) is 39.1 Å². The molecule has 63 heavy (non-hydrogen) atoms. The fraction of sp³-hybridized carbons (Fsp3) is 0.956. The van der Waals surface area contributed by atoms with Gasteiger partial charge in [0.25, 0.3) is 0 Å². The monoisotopic (exact) mass is 899 g/mol. The lowest BCUT2D eigenvalue weighted by atomic mass is 9.47. The summed E-state index contributed by atoms with van der Waals surface area (Å²) in [5.74, 6) is 3.30. The first kappa shape index (κ1) is 47.1. The summed E-state index contributed by atoms with van der Waals surface area (Å²) in [7, 11) is 0. The van der Waals surface area contributed by atoms with Crippen molar-refractivity contribution >= 4 is 0 Å². The Bertz CT molecular complexity index is 1630. The predicted molar refractivity (Wildman–Crippen MR) is 217 cm³/mol. The van der Waals surface area contributed by atoms with Gasteiger partial charge in [-0.25, -0.2) is 9.78 Å². The number of allylic oxidation sites excluding steroid dienone is 1. The fourth-order valence-electron chi connectivity index (χ4n) is 14.1. The van der Waals surface area contributed by atoms with Crippen molar-refractivity contribution in [2.24, 2.45) is 46.3 Å². The first-order valence-corrected chi connectivity index (χ1v) is 23.6. The van der Waals surface area contributed by atoms with Crippen molar-refractivity contribution in [3.8, 4) is 0 Å². The Balaban J connectivity index is 0.925. The molecule has 8 fully saturated rings. The van der Waals surface area contributed by atoms with Crippen LogP contribution in [0.1, 0.15) is 92.4 Å². The standard InChI is InChI=1S/C45H73NO17/c1-19-8-13-45(46-16-19)20(2)30-27(61-45)15-26-24-7-6-22-14-23(9-11-43(22,4)25(24)10-12-44(26,30)5)57-42-39(60-40-36(54)34(52)31(49)21(3)56-40)38(33(51)29(18-48)59-42)62-63-41-37(55)35(53)32(50)28(17-47)58-41/h6,19-21,23-42,46-55H,7-18H2,1-5H3/t19?,20-,21-,23-,24+,25-,26-,27-,28+,29+,30-,31-,32+,33+,34+,35-,36+,37+,38-,39+,40-,41-,42+,43-,44-,45?/m0/s1. The average molecular weight is 900 g/mol. The average Bonchev–Trinajstić information content (AvgIpc) is 3.72. The summed E-state index contributed by atoms with van der Waals surface area (Å²) >= 11 is 0. The van der Waals surface area contributed by atoms with Gasteiger partial charge in [0, 0.05) is 12.5 Å². The summed E-state index contributed by atoms with van der Waals surface area (Å²) in [6.07, 6.45) is -12.2. The molecule has 2 unspecified atom stereocenters. The number of aliphatic hydroxyl groups is 9. The Labute approximate surface area is 369 Å². The molecule has 5 aliphatic heterocycles. The first-order chi connectivity index (χ1) is 29.9. The van der Waals surface area contributed by atoms with Crippen LogP contribution in [0, 0.1) is 46.3 Å². The second-order valence-corrected chi connectivity index (χ2v) is 21.3. The second-order valence-electron chi connectivity index (χ2n) is 21.3. The lowest BCUT2D eigenvalue weighted by Crippen LogP contribution is -2.65. The van der Waals surface area contributed by atoms with Crippen LogP contribution in [0.4, 0.5) is 0 Å². The number of hydrogen-bond acceptors (Lipinski definition) is 18. The van der Waals surface area contributed by atoms with Gasteiger partial charge in [0.15, 0.2) is 18.7 Å². The number of fused-ring (bicyclic) bond motifs is 7. The molecule has 0 bridgehead atoms. The second kappa shape index (κ2) is 17.8. The van der Waals surface area contributed by atoms with Crippen LogP contribution in [-0.4, -0.2) is 176 Å². The molecule has 0 aromatic heterocycles. The van der Waals surface area contributed by atoms with Crippen LogP contribution in [0.5, 0.6) is 0 Å². The number of hydrogen-bond donors (Lipinski definition) is 10. The molecule has 360 valence electrons. The van der Waals surface area contributed by atoms with Crippen molar-refractivity contribution < 1.29 is 84.2 Å². The molecule has 0 amide bonds. The van der Waals surface area contributed by atoms with Crippen LogP contribution in [0.15, 0.2) is 11.6 Å². The number of piperidine rings is 1. The van der Waals surface area contributed by atoms with E-state index in [0.29, 0.717) is 48.3 Å². The molecule has 18 heteroatoms. The summed E-state index contributed by atoms with van der Waals surface area (Å²) in [5, 5.41) is 98.8. The summed E-state index contributed by atoms with van der Waals surface area (Å²) < 4.78 is 37.4. The Kier molecular flexibility index (Phi) is 13.3. The van der Waals surface area contributed by atoms with Crippen LogP contribution in [0.2, 0.25) is 0 Å². The summed E-state index contributed by atoms with van der Waals surface area (Å²) in [4.78, 5) is 11.1. The van der Waals surface area contributed by atoms with Crippen LogP contribution < -0.4 is 5.32 Å². The highest BCUT2D eigenvalue weighted by molar-refractivity contribution is 5.26. The zero-order valence-corrected chi connectivity index (χ0v) is 37.1. The highest BCUT2D eigenvalue weighted by atomic mass is 17.2. The van der Waals surface area contributed by atoms with Gasteiger partial charge in [-0.2, -0.15) is 0 Å². The van der Waals surface area contributed by atoms with E-state index in [1.807, 2.05) is 0 Å². The third-order valence-corrected chi connectivity index (χ3v) is 17.9. The van der Waals surface area contributed by atoms with Crippen molar-refractivity contribution in [1.29, 1.82) is 0 Å². The largest absolute Gasteiger partial charge is 0.394 e. The van der Waals surface area contributed by atoms with Gasteiger partial charge in [-0.1, -0.05) is 39.3 Å².